The van der Waals surface area contributed by atoms with Crippen LogP contribution in [0.3, 0.4) is 0 Å². The predicted octanol–water partition coefficient (Wildman–Crippen LogP) is -1.99. The number of anilines is 2. The predicted molar refractivity (Wildman–Crippen MR) is 151 cm³/mol. The normalized spacial score (nSPS) is 37.6. The summed E-state index contributed by atoms with van der Waals surface area (Å²) >= 11 is 0. The van der Waals surface area contributed by atoms with Crippen molar-refractivity contribution in [2.75, 3.05) is 24.7 Å². The maximum atomic E-state index is 13.4. The molecule has 2 bridgehead atoms. The number of aromatic nitrogens is 8. The lowest BCUT2D eigenvalue weighted by Crippen LogP contribution is -2.36. The highest BCUT2D eigenvalue weighted by atomic mass is 31.2. The highest BCUT2D eigenvalue weighted by Gasteiger charge is 2.52. The zero-order valence-corrected chi connectivity index (χ0v) is 24.5. The van der Waals surface area contributed by atoms with Crippen molar-refractivity contribution in [3.63, 3.8) is 0 Å². The number of nitrogens with two attached hydrogens (primary N) is 2. The van der Waals surface area contributed by atoms with Crippen molar-refractivity contribution in [2.45, 2.75) is 49.1 Å². The van der Waals surface area contributed by atoms with Crippen molar-refractivity contribution in [3.8, 4) is 0 Å². The molecule has 4 aromatic rings. The van der Waals surface area contributed by atoms with Gasteiger partial charge in [0.25, 0.3) is 20.5 Å². The Morgan fingerprint density at radius 2 is 1.47 bits per heavy atom. The minimum Gasteiger partial charge on any atom is -0.387 e. The number of nitrogens with one attached hydrogen (secondary N) is 1. The Hall–Kier alpha value is -3.23. The zero-order chi connectivity index (χ0) is 31.8. The van der Waals surface area contributed by atoms with Gasteiger partial charge >= 0.3 is 0 Å². The second-order valence-corrected chi connectivity index (χ2v) is 13.4. The van der Waals surface area contributed by atoms with E-state index in [1.54, 1.807) is 0 Å². The van der Waals surface area contributed by atoms with Crippen LogP contribution in [0.2, 0.25) is 0 Å². The fraction of sp³-hybridized carbons (Fsp3) is 0.500. The molecule has 7 rings (SSSR count). The van der Waals surface area contributed by atoms with Crippen molar-refractivity contribution in [1.29, 1.82) is 0 Å². The lowest BCUT2D eigenvalue weighted by Gasteiger charge is -2.28. The molecular formula is C20H22B2N10O11P2. The van der Waals surface area contributed by atoms with Crippen LogP contribution in [0.25, 0.3) is 22.3 Å². The summed E-state index contributed by atoms with van der Waals surface area (Å²) in [6, 6.07) is 0. The maximum Gasteiger partial charge on any atom is 0.280 e. The minimum absolute atomic E-state index is 0.0633. The first-order chi connectivity index (χ1) is 21.3. The third-order valence-electron chi connectivity index (χ3n) is 7.38. The van der Waals surface area contributed by atoms with Crippen LogP contribution in [0, 0.1) is 0 Å². The Bertz CT molecular complexity index is 1940. The smallest absolute Gasteiger partial charge is 0.280 e. The van der Waals surface area contributed by atoms with Crippen LogP contribution in [0.1, 0.15) is 12.5 Å². The molecule has 0 amide bonds. The number of nitrogens with zero attached hydrogens (tertiary/aromatic N) is 7. The highest BCUT2D eigenvalue weighted by molar-refractivity contribution is 7.79. The van der Waals surface area contributed by atoms with E-state index in [0.717, 1.165) is 6.33 Å². The van der Waals surface area contributed by atoms with Crippen LogP contribution in [0.5, 0.6) is 0 Å². The van der Waals surface area contributed by atoms with Crippen LogP contribution in [-0.4, -0.2) is 114 Å². The molecule has 3 aliphatic heterocycles. The minimum atomic E-state index is -4.58. The molecule has 3 saturated heterocycles. The second kappa shape index (κ2) is 10.9. The SMILES string of the molecule is [B]P1(=O)OCC2OC(n3cnc4c(=O)[nH]c(N)nc43)C(OP([B])(=O)OCC3OC(n4cnc5c(N)ncnc54)C(O)C3O1)C2O. The van der Waals surface area contributed by atoms with Gasteiger partial charge in [0.1, 0.15) is 48.5 Å². The molecule has 4 aromatic heterocycles. The number of aliphatic hydroxyl groups excluding tert-OH is 2. The van der Waals surface area contributed by atoms with Crippen molar-refractivity contribution < 1.29 is 46.9 Å². The Morgan fingerprint density at radius 3 is 2.20 bits per heavy atom. The molecule has 0 spiro atoms. The van der Waals surface area contributed by atoms with E-state index in [0.29, 0.717) is 0 Å². The molecule has 4 radical (unpaired) electrons. The molecule has 0 aromatic carbocycles. The van der Waals surface area contributed by atoms with Crippen molar-refractivity contribution in [2.24, 2.45) is 0 Å². The van der Waals surface area contributed by atoms with Crippen LogP contribution in [-0.2, 0) is 36.7 Å². The number of H-pyrrole nitrogens is 1. The van der Waals surface area contributed by atoms with Crippen LogP contribution >= 0.6 is 14.9 Å². The highest BCUT2D eigenvalue weighted by Crippen LogP contribution is 2.53. The van der Waals surface area contributed by atoms with E-state index in [1.807, 2.05) is 0 Å². The van der Waals surface area contributed by atoms with E-state index >= 15 is 0 Å². The summed E-state index contributed by atoms with van der Waals surface area (Å²) in [7, 11) is 2.69. The van der Waals surface area contributed by atoms with Gasteiger partial charge in [-0.15, -0.1) is 0 Å². The molecule has 25 heteroatoms. The van der Waals surface area contributed by atoms with Crippen molar-refractivity contribution in [1.82, 2.24) is 39.0 Å². The molecule has 3 fully saturated rings. The summed E-state index contributed by atoms with van der Waals surface area (Å²) in [6.07, 6.45) is -7.94. The summed E-state index contributed by atoms with van der Waals surface area (Å²) in [5.74, 6) is -0.172. The number of nitrogen functional groups attached to an aromatic ring is 2. The van der Waals surface area contributed by atoms with Crippen LogP contribution in [0.4, 0.5) is 11.8 Å². The van der Waals surface area contributed by atoms with Gasteiger partial charge in [-0.2, -0.15) is 4.98 Å². The first-order valence-electron chi connectivity index (χ1n) is 13.1. The zero-order valence-electron chi connectivity index (χ0n) is 22.7. The maximum absolute atomic E-state index is 13.4. The lowest BCUT2D eigenvalue weighted by atomic mass is 10.1. The van der Waals surface area contributed by atoms with E-state index in [1.165, 1.54) is 21.8 Å². The van der Waals surface area contributed by atoms with Crippen molar-refractivity contribution in [3.05, 3.63) is 29.3 Å². The van der Waals surface area contributed by atoms with Gasteiger partial charge in [-0.25, -0.2) is 19.9 Å². The molecular weight excluding hydrogens is 640 g/mol. The fourth-order valence-electron chi connectivity index (χ4n) is 5.35. The largest absolute Gasteiger partial charge is 0.387 e. The summed E-state index contributed by atoms with van der Waals surface area (Å²) in [6.45, 7) is -1.31. The number of imidazole rings is 2. The summed E-state index contributed by atoms with van der Waals surface area (Å²) in [5.41, 5.74) is 11.1. The second-order valence-electron chi connectivity index (χ2n) is 10.3. The number of ether oxygens (including phenoxy) is 2. The van der Waals surface area contributed by atoms with E-state index in [4.69, 9.17) is 54.2 Å². The topological polar surface area (TPSA) is 289 Å². The number of aliphatic hydroxyl groups is 2. The summed E-state index contributed by atoms with van der Waals surface area (Å²) in [4.78, 5) is 34.8. The van der Waals surface area contributed by atoms with E-state index < -0.39 is 82.8 Å². The van der Waals surface area contributed by atoms with E-state index in [-0.39, 0.29) is 34.1 Å². The third kappa shape index (κ3) is 5.38. The first-order valence-corrected chi connectivity index (χ1v) is 16.3. The van der Waals surface area contributed by atoms with Gasteiger partial charge < -0.3 is 49.2 Å². The molecule has 234 valence electrons. The number of rotatable bonds is 2. The van der Waals surface area contributed by atoms with Crippen LogP contribution in [0.15, 0.2) is 23.8 Å². The van der Waals surface area contributed by atoms with Gasteiger partial charge in [0.15, 0.2) is 35.1 Å². The fourth-order valence-corrected chi connectivity index (χ4v) is 7.35. The summed E-state index contributed by atoms with van der Waals surface area (Å²) < 4.78 is 62.9. The molecule has 21 nitrogen and oxygen atoms in total. The van der Waals surface area contributed by atoms with E-state index in [2.05, 4.69) is 29.9 Å². The standard InChI is InChI=1S/C20H22B2N10O11P2/c21-44(36)38-1-6-10(33)13(19(40-6)32-5-28-9-16(32)29-20(24)30-17(9)35)43-45(22,37)39-2-7-12(42-44)11(34)18(41-7)31-4-27-8-14(23)25-3-26-15(8)31/h3-7,10-13,18-19,33-34H,1-2H2,(H2,23,25,26)(H3,24,29,30,35). The van der Waals surface area contributed by atoms with Gasteiger partial charge in [0.05, 0.1) is 25.9 Å². The molecule has 3 aliphatic rings. The lowest BCUT2D eigenvalue weighted by molar-refractivity contribution is -0.0578. The van der Waals surface area contributed by atoms with Gasteiger partial charge in [0.2, 0.25) is 21.1 Å². The Labute approximate surface area is 253 Å². The van der Waals surface area contributed by atoms with Gasteiger partial charge in [-0.1, -0.05) is 0 Å². The number of hydrogen-bond donors (Lipinski definition) is 5. The average molecular weight is 662 g/mol. The number of aromatic amines is 1. The molecule has 10 atom stereocenters. The third-order valence-corrected chi connectivity index (χ3v) is 9.48. The Morgan fingerprint density at radius 1 is 0.844 bits per heavy atom. The van der Waals surface area contributed by atoms with Gasteiger partial charge in [0, 0.05) is 0 Å². The molecule has 7 N–H and O–H groups in total. The molecule has 45 heavy (non-hydrogen) atoms. The number of fused-ring (bicyclic) bond motifs is 5. The molecule has 0 saturated carbocycles. The van der Waals surface area contributed by atoms with Crippen molar-refractivity contribution >= 4 is 64.2 Å². The number of hydrogen-bond acceptors (Lipinski definition) is 18. The monoisotopic (exact) mass is 662 g/mol. The van der Waals surface area contributed by atoms with Gasteiger partial charge in [-0.05, 0) is 0 Å². The average Bonchev–Trinajstić information content (AvgIpc) is 3.72. The summed E-state index contributed by atoms with van der Waals surface area (Å²) in [5, 5.41) is 22.3. The quantitative estimate of drug-likeness (QED) is 0.115. The molecule has 0 aliphatic carbocycles. The Balaban J connectivity index is 1.21. The first kappa shape index (κ1) is 30.4. The van der Waals surface area contributed by atoms with E-state index in [9.17, 15) is 24.1 Å². The molecule has 10 unspecified atom stereocenters. The van der Waals surface area contributed by atoms with Gasteiger partial charge in [-0.3, -0.25) is 28.0 Å². The van der Waals surface area contributed by atoms with Crippen LogP contribution < -0.4 is 17.0 Å². The Kier molecular flexibility index (Phi) is 7.40. The molecule has 7 heterocycles.